The van der Waals surface area contributed by atoms with Crippen molar-refractivity contribution in [3.05, 3.63) is 0 Å². The van der Waals surface area contributed by atoms with Crippen LogP contribution in [0.3, 0.4) is 0 Å². The molecule has 0 atom stereocenters. The summed E-state index contributed by atoms with van der Waals surface area (Å²) >= 11 is 0. The van der Waals surface area contributed by atoms with E-state index in [1.807, 2.05) is 20.2 Å². The van der Waals surface area contributed by atoms with E-state index in [2.05, 4.69) is 10.5 Å². The van der Waals surface area contributed by atoms with Crippen LogP contribution in [0.15, 0.2) is 0 Å². The van der Waals surface area contributed by atoms with Crippen molar-refractivity contribution in [3.8, 4) is 0 Å². The first-order valence-corrected chi connectivity index (χ1v) is 1.62. The lowest BCUT2D eigenvalue weighted by Gasteiger charge is -1.67. The number of hydrogen-bond donors (Lipinski definition) is 2. The third kappa shape index (κ3) is 3.47. The standard InChI is InChI=1S/C3H8N2/c1-3-5-4-2/h3-4H,1-2H3/p+1. The van der Waals surface area contributed by atoms with Gasteiger partial charge >= 0.3 is 0 Å². The summed E-state index contributed by atoms with van der Waals surface area (Å²) in [5.74, 6) is 0. The molecule has 0 aromatic rings. The van der Waals surface area contributed by atoms with Gasteiger partial charge in [0.05, 0.1) is 7.05 Å². The van der Waals surface area contributed by atoms with Crippen LogP contribution in [0.4, 0.5) is 0 Å². The van der Waals surface area contributed by atoms with Gasteiger partial charge in [-0.1, -0.05) is 0 Å². The van der Waals surface area contributed by atoms with Gasteiger partial charge in [-0.2, -0.15) is 0 Å². The highest BCUT2D eigenvalue weighted by molar-refractivity contribution is 5.45. The predicted molar refractivity (Wildman–Crippen MR) is 21.8 cm³/mol. The minimum Gasteiger partial charge on any atom is -0.204 e. The van der Waals surface area contributed by atoms with Gasteiger partial charge in [-0.05, 0) is 0 Å². The molecule has 0 amide bonds. The van der Waals surface area contributed by atoms with Gasteiger partial charge in [0.25, 0.3) is 0 Å². The summed E-state index contributed by atoms with van der Waals surface area (Å²) in [6.45, 7) is 1.91. The third-order valence-corrected chi connectivity index (χ3v) is 0.289. The summed E-state index contributed by atoms with van der Waals surface area (Å²) in [5.41, 5.74) is 2.71. The maximum atomic E-state index is 2.74. The summed E-state index contributed by atoms with van der Waals surface area (Å²) in [5, 5.41) is 2.74. The van der Waals surface area contributed by atoms with E-state index in [0.717, 1.165) is 0 Å². The molecule has 0 saturated heterocycles. The Morgan fingerprint density at radius 2 is 2.40 bits per heavy atom. The average molecular weight is 73.1 g/mol. The van der Waals surface area contributed by atoms with Crippen molar-refractivity contribution in [3.63, 3.8) is 0 Å². The Morgan fingerprint density at radius 1 is 1.80 bits per heavy atom. The molecule has 2 N–H and O–H groups in total. The molecule has 0 bridgehead atoms. The van der Waals surface area contributed by atoms with Gasteiger partial charge in [-0.25, -0.2) is 5.43 Å². The molecule has 0 fully saturated rings. The molecule has 0 aromatic heterocycles. The second-order valence-electron chi connectivity index (χ2n) is 0.683. The van der Waals surface area contributed by atoms with E-state index in [-0.39, 0.29) is 0 Å². The fraction of sp³-hybridized carbons (Fsp3) is 0.667. The second-order valence-corrected chi connectivity index (χ2v) is 0.683. The molecule has 0 aliphatic carbocycles. The molecular weight excluding hydrogens is 64.0 g/mol. The lowest BCUT2D eigenvalue weighted by atomic mass is 10.9. The highest BCUT2D eigenvalue weighted by Crippen LogP contribution is 1.06. The monoisotopic (exact) mass is 73.1 g/mol. The van der Waals surface area contributed by atoms with Crippen molar-refractivity contribution in [2.45, 2.75) is 6.92 Å². The molecule has 0 spiro atoms. The van der Waals surface area contributed by atoms with Crippen LogP contribution in [0.25, 0.3) is 0 Å². The van der Waals surface area contributed by atoms with Gasteiger partial charge in [-0.3, -0.25) is 0 Å². The minimum atomic E-state index is 1.82. The highest BCUT2D eigenvalue weighted by Gasteiger charge is 1.53. The SMILES string of the molecule is CC=[NH+]NC. The normalized spacial score (nSPS) is 9.20. The maximum absolute atomic E-state index is 2.74. The van der Waals surface area contributed by atoms with Crippen LogP contribution in [-0.2, 0) is 0 Å². The van der Waals surface area contributed by atoms with Crippen LogP contribution in [0, 0.1) is 0 Å². The Labute approximate surface area is 31.9 Å². The zero-order valence-electron chi connectivity index (χ0n) is 3.58. The van der Waals surface area contributed by atoms with Gasteiger partial charge in [-0.15, -0.1) is 5.10 Å². The van der Waals surface area contributed by atoms with E-state index < -0.39 is 0 Å². The minimum absolute atomic E-state index is 1.82. The van der Waals surface area contributed by atoms with Crippen LogP contribution in [0.5, 0.6) is 0 Å². The quantitative estimate of drug-likeness (QED) is 0.280. The van der Waals surface area contributed by atoms with Crippen molar-refractivity contribution in [1.29, 1.82) is 0 Å². The molecule has 2 heteroatoms. The molecule has 0 saturated carbocycles. The van der Waals surface area contributed by atoms with Crippen molar-refractivity contribution in [2.75, 3.05) is 7.05 Å². The first-order chi connectivity index (χ1) is 2.41. The Hall–Kier alpha value is -0.530. The summed E-state index contributed by atoms with van der Waals surface area (Å²) in [6, 6.07) is 0. The molecule has 0 rings (SSSR count). The molecule has 0 aliphatic rings. The molecular formula is C3H9N2+. The fourth-order valence-corrected chi connectivity index (χ4v) is 0.144. The lowest BCUT2D eigenvalue weighted by molar-refractivity contribution is -0.516. The lowest BCUT2D eigenvalue weighted by Crippen LogP contribution is -2.78. The summed E-state index contributed by atoms with van der Waals surface area (Å²) in [7, 11) is 1.82. The van der Waals surface area contributed by atoms with E-state index >= 15 is 0 Å². The number of rotatable bonds is 1. The van der Waals surface area contributed by atoms with Gasteiger partial charge < -0.3 is 0 Å². The molecule has 0 unspecified atom stereocenters. The maximum Gasteiger partial charge on any atom is 0.164 e. The molecule has 5 heavy (non-hydrogen) atoms. The van der Waals surface area contributed by atoms with Crippen molar-refractivity contribution in [1.82, 2.24) is 5.43 Å². The Kier molecular flexibility index (Phi) is 3.10. The molecule has 30 valence electrons. The van der Waals surface area contributed by atoms with Gasteiger partial charge in [0.2, 0.25) is 0 Å². The van der Waals surface area contributed by atoms with Gasteiger partial charge in [0, 0.05) is 6.92 Å². The smallest absolute Gasteiger partial charge is 0.164 e. The van der Waals surface area contributed by atoms with Crippen LogP contribution in [0.1, 0.15) is 6.92 Å². The summed E-state index contributed by atoms with van der Waals surface area (Å²) in [6.07, 6.45) is 1.82. The predicted octanol–water partition coefficient (Wildman–Crippen LogP) is -1.71. The summed E-state index contributed by atoms with van der Waals surface area (Å²) in [4.78, 5) is 0. The Balaban J connectivity index is 2.62. The van der Waals surface area contributed by atoms with E-state index in [0.29, 0.717) is 0 Å². The topological polar surface area (TPSA) is 26.0 Å². The molecule has 0 aromatic carbocycles. The van der Waals surface area contributed by atoms with E-state index in [1.54, 1.807) is 0 Å². The first-order valence-electron chi connectivity index (χ1n) is 1.62. The van der Waals surface area contributed by atoms with Crippen molar-refractivity contribution < 1.29 is 5.10 Å². The molecule has 2 nitrogen and oxygen atoms in total. The van der Waals surface area contributed by atoms with Crippen LogP contribution < -0.4 is 10.5 Å². The van der Waals surface area contributed by atoms with E-state index in [9.17, 15) is 0 Å². The first kappa shape index (κ1) is 4.47. The van der Waals surface area contributed by atoms with Gasteiger partial charge in [0.15, 0.2) is 6.21 Å². The molecule has 0 radical (unpaired) electrons. The number of hydrogen-bond acceptors (Lipinski definition) is 1. The zero-order valence-corrected chi connectivity index (χ0v) is 3.58. The highest BCUT2D eigenvalue weighted by atomic mass is 15.2. The second kappa shape index (κ2) is 3.47. The number of hydrazine groups is 1. The zero-order chi connectivity index (χ0) is 4.12. The van der Waals surface area contributed by atoms with Crippen molar-refractivity contribution >= 4 is 6.21 Å². The van der Waals surface area contributed by atoms with E-state index in [4.69, 9.17) is 0 Å². The van der Waals surface area contributed by atoms with E-state index in [1.165, 1.54) is 0 Å². The third-order valence-electron chi connectivity index (χ3n) is 0.289. The van der Waals surface area contributed by atoms with Crippen LogP contribution in [0.2, 0.25) is 0 Å². The van der Waals surface area contributed by atoms with Crippen LogP contribution in [-0.4, -0.2) is 13.3 Å². The average Bonchev–Trinajstić information content (AvgIpc) is 1.41. The molecule has 0 aliphatic heterocycles. The summed E-state index contributed by atoms with van der Waals surface area (Å²) < 4.78 is 0. The number of nitrogens with one attached hydrogen (secondary N) is 2. The Morgan fingerprint density at radius 3 is 2.40 bits per heavy atom. The van der Waals surface area contributed by atoms with Gasteiger partial charge in [0.1, 0.15) is 0 Å². The largest absolute Gasteiger partial charge is 0.204 e. The van der Waals surface area contributed by atoms with Crippen molar-refractivity contribution in [2.24, 2.45) is 0 Å². The number of hydrazone groups is 1. The molecule has 0 heterocycles. The fourth-order valence-electron chi connectivity index (χ4n) is 0.144. The van der Waals surface area contributed by atoms with Crippen LogP contribution >= 0.6 is 0 Å². The Bertz CT molecular complexity index is 31.9.